The molecule has 2 fully saturated rings. The highest BCUT2D eigenvalue weighted by Crippen LogP contribution is 2.40. The summed E-state index contributed by atoms with van der Waals surface area (Å²) in [6, 6.07) is 0. The van der Waals surface area contributed by atoms with E-state index in [0.29, 0.717) is 18.3 Å². The standard InChI is InChI=1S/C10H15N3O2/c11-5-7-3-4-8(14-7)9-12-10(15-13-9)6-1-2-6/h6-8H,1-5,11H2. The molecule has 5 nitrogen and oxygen atoms in total. The number of hydrogen-bond acceptors (Lipinski definition) is 5. The molecule has 5 heteroatoms. The molecule has 1 aliphatic carbocycles. The lowest BCUT2D eigenvalue weighted by Crippen LogP contribution is -2.19. The first-order valence-corrected chi connectivity index (χ1v) is 5.56. The third-order valence-electron chi connectivity index (χ3n) is 3.04. The van der Waals surface area contributed by atoms with Crippen molar-refractivity contribution < 1.29 is 9.26 Å². The van der Waals surface area contributed by atoms with E-state index in [-0.39, 0.29) is 12.2 Å². The monoisotopic (exact) mass is 209 g/mol. The molecule has 1 saturated carbocycles. The normalized spacial score (nSPS) is 31.0. The SMILES string of the molecule is NCC1CCC(c2noc(C3CC3)n2)O1. The number of nitrogens with zero attached hydrogens (tertiary/aromatic N) is 2. The van der Waals surface area contributed by atoms with Gasteiger partial charge in [-0.25, -0.2) is 0 Å². The summed E-state index contributed by atoms with van der Waals surface area (Å²) in [6.45, 7) is 0.573. The lowest BCUT2D eigenvalue weighted by Gasteiger charge is -2.07. The number of ether oxygens (including phenoxy) is 1. The van der Waals surface area contributed by atoms with Crippen molar-refractivity contribution >= 4 is 0 Å². The maximum atomic E-state index is 5.70. The predicted octanol–water partition coefficient (Wildman–Crippen LogP) is 1.13. The zero-order valence-corrected chi connectivity index (χ0v) is 8.56. The van der Waals surface area contributed by atoms with Crippen LogP contribution < -0.4 is 5.73 Å². The van der Waals surface area contributed by atoms with Gasteiger partial charge in [-0.05, 0) is 25.7 Å². The smallest absolute Gasteiger partial charge is 0.229 e. The minimum absolute atomic E-state index is 0.00481. The van der Waals surface area contributed by atoms with Crippen LogP contribution in [0.4, 0.5) is 0 Å². The first kappa shape index (κ1) is 9.30. The van der Waals surface area contributed by atoms with E-state index in [1.54, 1.807) is 0 Å². The van der Waals surface area contributed by atoms with Crippen LogP contribution in [0.2, 0.25) is 0 Å². The van der Waals surface area contributed by atoms with Gasteiger partial charge in [-0.2, -0.15) is 4.98 Å². The van der Waals surface area contributed by atoms with Crippen molar-refractivity contribution in [2.45, 2.75) is 43.8 Å². The van der Waals surface area contributed by atoms with Crippen LogP contribution in [0.3, 0.4) is 0 Å². The van der Waals surface area contributed by atoms with E-state index in [9.17, 15) is 0 Å². The Bertz CT molecular complexity index is 348. The van der Waals surface area contributed by atoms with E-state index in [1.807, 2.05) is 0 Å². The molecule has 2 atom stereocenters. The van der Waals surface area contributed by atoms with Crippen molar-refractivity contribution in [1.29, 1.82) is 0 Å². The van der Waals surface area contributed by atoms with Crippen molar-refractivity contribution in [1.82, 2.24) is 10.1 Å². The number of aromatic nitrogens is 2. The lowest BCUT2D eigenvalue weighted by molar-refractivity contribution is 0.0435. The van der Waals surface area contributed by atoms with Crippen LogP contribution in [0, 0.1) is 0 Å². The van der Waals surface area contributed by atoms with Gasteiger partial charge in [0.15, 0.2) is 0 Å². The van der Waals surface area contributed by atoms with Gasteiger partial charge in [0.1, 0.15) is 6.10 Å². The molecule has 2 heterocycles. The summed E-state index contributed by atoms with van der Waals surface area (Å²) >= 11 is 0. The first-order chi connectivity index (χ1) is 7.36. The third kappa shape index (κ3) is 1.77. The van der Waals surface area contributed by atoms with Crippen LogP contribution in [-0.4, -0.2) is 22.8 Å². The molecular weight excluding hydrogens is 194 g/mol. The fourth-order valence-electron chi connectivity index (χ4n) is 1.94. The molecule has 2 aliphatic rings. The summed E-state index contributed by atoms with van der Waals surface area (Å²) in [5.41, 5.74) is 5.55. The van der Waals surface area contributed by atoms with E-state index in [1.165, 1.54) is 12.8 Å². The summed E-state index contributed by atoms with van der Waals surface area (Å²) in [4.78, 5) is 4.38. The van der Waals surface area contributed by atoms with Gasteiger partial charge in [0.05, 0.1) is 6.10 Å². The molecule has 2 N–H and O–H groups in total. The topological polar surface area (TPSA) is 74.2 Å². The number of hydrogen-bond donors (Lipinski definition) is 1. The van der Waals surface area contributed by atoms with Crippen LogP contribution in [-0.2, 0) is 4.74 Å². The average molecular weight is 209 g/mol. The van der Waals surface area contributed by atoms with Crippen molar-refractivity contribution in [3.8, 4) is 0 Å². The molecule has 1 saturated heterocycles. The summed E-state index contributed by atoms with van der Waals surface area (Å²) < 4.78 is 10.9. The minimum atomic E-state index is -0.00481. The molecule has 0 radical (unpaired) electrons. The summed E-state index contributed by atoms with van der Waals surface area (Å²) in [6.07, 6.45) is 4.46. The highest BCUT2D eigenvalue weighted by Gasteiger charge is 2.33. The molecule has 0 amide bonds. The Hall–Kier alpha value is -0.940. The maximum Gasteiger partial charge on any atom is 0.229 e. The molecule has 82 valence electrons. The Labute approximate surface area is 88.0 Å². The van der Waals surface area contributed by atoms with Gasteiger partial charge in [0, 0.05) is 12.5 Å². The van der Waals surface area contributed by atoms with E-state index < -0.39 is 0 Å². The van der Waals surface area contributed by atoms with Gasteiger partial charge in [-0.3, -0.25) is 0 Å². The van der Waals surface area contributed by atoms with Gasteiger partial charge >= 0.3 is 0 Å². The summed E-state index contributed by atoms with van der Waals surface area (Å²) in [7, 11) is 0. The molecule has 0 aromatic carbocycles. The largest absolute Gasteiger partial charge is 0.366 e. The Morgan fingerprint density at radius 1 is 1.27 bits per heavy atom. The molecular formula is C10H15N3O2. The minimum Gasteiger partial charge on any atom is -0.366 e. The van der Waals surface area contributed by atoms with Crippen LogP contribution in [0.5, 0.6) is 0 Å². The van der Waals surface area contributed by atoms with Gasteiger partial charge in [0.25, 0.3) is 0 Å². The van der Waals surface area contributed by atoms with Crippen molar-refractivity contribution in [3.63, 3.8) is 0 Å². The average Bonchev–Trinajstić information content (AvgIpc) is 2.84. The zero-order valence-electron chi connectivity index (χ0n) is 8.56. The Kier molecular flexibility index (Phi) is 2.21. The Morgan fingerprint density at radius 2 is 2.13 bits per heavy atom. The number of rotatable bonds is 3. The Balaban J connectivity index is 1.70. The second kappa shape index (κ2) is 3.57. The molecule has 1 aromatic rings. The first-order valence-electron chi connectivity index (χ1n) is 5.56. The van der Waals surface area contributed by atoms with E-state index >= 15 is 0 Å². The van der Waals surface area contributed by atoms with Gasteiger partial charge in [-0.15, -0.1) is 0 Å². The molecule has 3 rings (SSSR count). The van der Waals surface area contributed by atoms with Crippen LogP contribution in [0.15, 0.2) is 4.52 Å². The van der Waals surface area contributed by atoms with Gasteiger partial charge in [0.2, 0.25) is 11.7 Å². The highest BCUT2D eigenvalue weighted by atomic mass is 16.5. The van der Waals surface area contributed by atoms with Crippen LogP contribution in [0.25, 0.3) is 0 Å². The van der Waals surface area contributed by atoms with E-state index in [2.05, 4.69) is 10.1 Å². The van der Waals surface area contributed by atoms with E-state index in [0.717, 1.165) is 18.7 Å². The maximum absolute atomic E-state index is 5.70. The van der Waals surface area contributed by atoms with Crippen molar-refractivity contribution in [3.05, 3.63) is 11.7 Å². The summed E-state index contributed by atoms with van der Waals surface area (Å²) in [5.74, 6) is 2.00. The van der Waals surface area contributed by atoms with E-state index in [4.69, 9.17) is 15.0 Å². The molecule has 2 unspecified atom stereocenters. The summed E-state index contributed by atoms with van der Waals surface area (Å²) in [5, 5.41) is 3.98. The second-order valence-electron chi connectivity index (χ2n) is 4.32. The Morgan fingerprint density at radius 3 is 2.80 bits per heavy atom. The van der Waals surface area contributed by atoms with Crippen molar-refractivity contribution in [2.75, 3.05) is 6.54 Å². The predicted molar refractivity (Wildman–Crippen MR) is 52.2 cm³/mol. The van der Waals surface area contributed by atoms with Gasteiger partial charge < -0.3 is 15.0 Å². The lowest BCUT2D eigenvalue weighted by atomic mass is 10.2. The van der Waals surface area contributed by atoms with Crippen molar-refractivity contribution in [2.24, 2.45) is 5.73 Å². The molecule has 1 aromatic heterocycles. The second-order valence-corrected chi connectivity index (χ2v) is 4.32. The third-order valence-corrected chi connectivity index (χ3v) is 3.04. The number of nitrogens with two attached hydrogens (primary N) is 1. The molecule has 0 spiro atoms. The molecule has 1 aliphatic heterocycles. The molecule has 0 bridgehead atoms. The quantitative estimate of drug-likeness (QED) is 0.807. The fourth-order valence-corrected chi connectivity index (χ4v) is 1.94. The molecule has 15 heavy (non-hydrogen) atoms. The van der Waals surface area contributed by atoms with Crippen LogP contribution in [0.1, 0.15) is 49.4 Å². The van der Waals surface area contributed by atoms with Gasteiger partial charge in [-0.1, -0.05) is 5.16 Å². The highest BCUT2D eigenvalue weighted by molar-refractivity contribution is 5.03. The fraction of sp³-hybridized carbons (Fsp3) is 0.800. The zero-order chi connectivity index (χ0) is 10.3. The van der Waals surface area contributed by atoms with Crippen LogP contribution >= 0.6 is 0 Å².